The highest BCUT2D eigenvalue weighted by Crippen LogP contribution is 2.30. The van der Waals surface area contributed by atoms with Crippen LogP contribution < -0.4 is 10.7 Å². The highest BCUT2D eigenvalue weighted by molar-refractivity contribution is 6.50. The van der Waals surface area contributed by atoms with Gasteiger partial charge in [-0.1, -0.05) is 38.1 Å². The predicted octanol–water partition coefficient (Wildman–Crippen LogP) is 6.06. The molecule has 1 aliphatic rings. The summed E-state index contributed by atoms with van der Waals surface area (Å²) in [4.78, 5) is 11.5. The summed E-state index contributed by atoms with van der Waals surface area (Å²) in [5.74, 6) is -0.169. The lowest BCUT2D eigenvalue weighted by atomic mass is 10.0. The molecule has 0 spiro atoms. The maximum Gasteiger partial charge on any atom is 0.333 e. The van der Waals surface area contributed by atoms with Crippen LogP contribution in [0.15, 0.2) is 77.6 Å². The Labute approximate surface area is 212 Å². The van der Waals surface area contributed by atoms with E-state index in [-0.39, 0.29) is 17.4 Å². The van der Waals surface area contributed by atoms with E-state index in [4.69, 9.17) is 10.1 Å². The van der Waals surface area contributed by atoms with E-state index in [0.717, 1.165) is 47.3 Å². The van der Waals surface area contributed by atoms with Crippen molar-refractivity contribution in [2.45, 2.75) is 46.5 Å². The van der Waals surface area contributed by atoms with Crippen molar-refractivity contribution in [3.05, 3.63) is 89.2 Å². The first-order valence-corrected chi connectivity index (χ1v) is 12.1. The zero-order chi connectivity index (χ0) is 26.1. The molecular formula is C29H34N4O3. The standard InChI is InChI=1S/C29H34N4O3/c1-5-6-7-22-16-20(4)17-27(28(22)34)33-32-26-13-12-24(18-25(26)30)31-23-10-8-21(9-11-23)14-15-36-29(35)19(2)3/h8-13,16-18,30-31,33-34H,2,5-7,14-15H2,1,3-4H3/b30-25?,32-26-. The number of rotatable bonds is 11. The number of benzene rings is 2. The SMILES string of the molecule is C=C(C)C(=O)OCCc1ccc(NC2=CC(=N)/C(=N\Nc3cc(C)cc(CCCC)c3O)C=C2)cc1. The summed E-state index contributed by atoms with van der Waals surface area (Å²) in [5, 5.41) is 26.6. The number of nitrogens with one attached hydrogen (secondary N) is 3. The van der Waals surface area contributed by atoms with Gasteiger partial charge in [0, 0.05) is 23.4 Å². The Kier molecular flexibility index (Phi) is 9.22. The lowest BCUT2D eigenvalue weighted by molar-refractivity contribution is -0.138. The van der Waals surface area contributed by atoms with Gasteiger partial charge in [0.2, 0.25) is 0 Å². The summed E-state index contributed by atoms with van der Waals surface area (Å²) < 4.78 is 5.14. The largest absolute Gasteiger partial charge is 0.505 e. The van der Waals surface area contributed by atoms with Crippen molar-refractivity contribution in [1.29, 1.82) is 5.41 Å². The van der Waals surface area contributed by atoms with Gasteiger partial charge >= 0.3 is 5.97 Å². The van der Waals surface area contributed by atoms with E-state index in [1.807, 2.05) is 49.4 Å². The predicted molar refractivity (Wildman–Crippen MR) is 147 cm³/mol. The quantitative estimate of drug-likeness (QED) is 0.102. The van der Waals surface area contributed by atoms with Crippen molar-refractivity contribution in [2.24, 2.45) is 5.10 Å². The number of phenolic OH excluding ortho intramolecular Hbond substituents is 1. The molecule has 0 bridgehead atoms. The minimum absolute atomic E-state index is 0.208. The van der Waals surface area contributed by atoms with E-state index >= 15 is 0 Å². The smallest absolute Gasteiger partial charge is 0.333 e. The van der Waals surface area contributed by atoms with Gasteiger partial charge in [0.25, 0.3) is 0 Å². The minimum Gasteiger partial charge on any atom is -0.505 e. The van der Waals surface area contributed by atoms with E-state index in [1.165, 1.54) is 0 Å². The Morgan fingerprint density at radius 3 is 2.58 bits per heavy atom. The maximum absolute atomic E-state index is 11.5. The molecule has 0 radical (unpaired) electrons. The lowest BCUT2D eigenvalue weighted by Crippen LogP contribution is -2.16. The number of unbranched alkanes of at least 4 members (excludes halogenated alkanes) is 1. The first-order valence-electron chi connectivity index (χ1n) is 12.1. The number of esters is 1. The molecular weight excluding hydrogens is 452 g/mol. The average molecular weight is 487 g/mol. The number of phenols is 1. The van der Waals surface area contributed by atoms with Crippen molar-refractivity contribution >= 4 is 28.8 Å². The van der Waals surface area contributed by atoms with Gasteiger partial charge in [-0.3, -0.25) is 10.8 Å². The second-order valence-corrected chi connectivity index (χ2v) is 8.87. The van der Waals surface area contributed by atoms with Crippen LogP contribution in [-0.4, -0.2) is 29.1 Å². The third-order valence-electron chi connectivity index (χ3n) is 5.64. The molecule has 0 saturated heterocycles. The first-order chi connectivity index (χ1) is 17.3. The molecule has 4 N–H and O–H groups in total. The number of carbonyl (C=O) groups is 1. The monoisotopic (exact) mass is 486 g/mol. The number of allylic oxidation sites excluding steroid dienone is 3. The Bertz CT molecular complexity index is 1220. The van der Waals surface area contributed by atoms with Crippen molar-refractivity contribution in [3.63, 3.8) is 0 Å². The summed E-state index contributed by atoms with van der Waals surface area (Å²) in [6, 6.07) is 11.7. The molecule has 36 heavy (non-hydrogen) atoms. The molecule has 0 amide bonds. The van der Waals surface area contributed by atoms with Crippen LogP contribution in [-0.2, 0) is 22.4 Å². The van der Waals surface area contributed by atoms with E-state index in [0.29, 0.717) is 30.0 Å². The highest BCUT2D eigenvalue weighted by Gasteiger charge is 2.12. The number of aromatic hydroxyl groups is 1. The molecule has 0 heterocycles. The van der Waals surface area contributed by atoms with Gasteiger partial charge in [0.05, 0.1) is 18.0 Å². The molecule has 2 aromatic rings. The van der Waals surface area contributed by atoms with Gasteiger partial charge in [-0.25, -0.2) is 4.79 Å². The molecule has 7 heteroatoms. The van der Waals surface area contributed by atoms with Crippen LogP contribution in [0.4, 0.5) is 11.4 Å². The second kappa shape index (κ2) is 12.5. The minimum atomic E-state index is -0.378. The Balaban J connectivity index is 1.58. The van der Waals surface area contributed by atoms with Crippen LogP contribution in [0.25, 0.3) is 0 Å². The highest BCUT2D eigenvalue weighted by atomic mass is 16.5. The van der Waals surface area contributed by atoms with Gasteiger partial charge in [0.15, 0.2) is 0 Å². The van der Waals surface area contributed by atoms with Crippen LogP contribution in [0.5, 0.6) is 5.75 Å². The fourth-order valence-electron chi connectivity index (χ4n) is 3.63. The number of ether oxygens (including phenoxy) is 1. The Morgan fingerprint density at radius 2 is 1.92 bits per heavy atom. The zero-order valence-electron chi connectivity index (χ0n) is 21.1. The topological polar surface area (TPSA) is 107 Å². The van der Waals surface area contributed by atoms with E-state index in [9.17, 15) is 9.90 Å². The molecule has 7 nitrogen and oxygen atoms in total. The third kappa shape index (κ3) is 7.43. The fourth-order valence-corrected chi connectivity index (χ4v) is 3.63. The maximum atomic E-state index is 11.5. The van der Waals surface area contributed by atoms with E-state index in [2.05, 4.69) is 29.3 Å². The van der Waals surface area contributed by atoms with Crippen LogP contribution >= 0.6 is 0 Å². The van der Waals surface area contributed by atoms with Crippen molar-refractivity contribution in [1.82, 2.24) is 0 Å². The first kappa shape index (κ1) is 26.5. The van der Waals surface area contributed by atoms with Gasteiger partial charge in [-0.15, -0.1) is 0 Å². The summed E-state index contributed by atoms with van der Waals surface area (Å²) in [6.45, 7) is 9.61. The van der Waals surface area contributed by atoms with Crippen molar-refractivity contribution < 1.29 is 14.6 Å². The van der Waals surface area contributed by atoms with Crippen LogP contribution in [0.2, 0.25) is 0 Å². The molecule has 0 fully saturated rings. The molecule has 0 unspecified atom stereocenters. The Morgan fingerprint density at radius 1 is 1.17 bits per heavy atom. The van der Waals surface area contributed by atoms with E-state index < -0.39 is 0 Å². The molecule has 1 aliphatic carbocycles. The summed E-state index contributed by atoms with van der Waals surface area (Å²) in [7, 11) is 0. The van der Waals surface area contributed by atoms with Crippen LogP contribution in [0, 0.1) is 12.3 Å². The second-order valence-electron chi connectivity index (χ2n) is 8.87. The zero-order valence-corrected chi connectivity index (χ0v) is 21.1. The van der Waals surface area contributed by atoms with Crippen LogP contribution in [0.3, 0.4) is 0 Å². The van der Waals surface area contributed by atoms with Gasteiger partial charge < -0.3 is 15.2 Å². The molecule has 0 aromatic heterocycles. The normalized spacial score (nSPS) is 13.9. The number of hydrogen-bond donors (Lipinski definition) is 4. The number of aryl methyl sites for hydroxylation is 2. The summed E-state index contributed by atoms with van der Waals surface area (Å²) >= 11 is 0. The van der Waals surface area contributed by atoms with Gasteiger partial charge in [-0.2, -0.15) is 5.10 Å². The number of anilines is 2. The lowest BCUT2D eigenvalue weighted by Gasteiger charge is -2.14. The molecule has 0 saturated carbocycles. The van der Waals surface area contributed by atoms with Crippen LogP contribution in [0.1, 0.15) is 43.4 Å². The molecule has 188 valence electrons. The summed E-state index contributed by atoms with van der Waals surface area (Å²) in [5.41, 5.74) is 9.22. The molecule has 2 aromatic carbocycles. The third-order valence-corrected chi connectivity index (χ3v) is 5.64. The summed E-state index contributed by atoms with van der Waals surface area (Å²) in [6.07, 6.45) is 8.81. The number of hydrazone groups is 1. The van der Waals surface area contributed by atoms with Crippen molar-refractivity contribution in [3.8, 4) is 5.75 Å². The molecule has 3 rings (SSSR count). The number of nitrogens with zero attached hydrogens (tertiary/aromatic N) is 1. The fraction of sp³-hybridized carbons (Fsp3) is 0.276. The number of hydrogen-bond acceptors (Lipinski definition) is 7. The average Bonchev–Trinajstić information content (AvgIpc) is 2.85. The van der Waals surface area contributed by atoms with Crippen molar-refractivity contribution in [2.75, 3.05) is 17.3 Å². The molecule has 0 atom stereocenters. The number of carbonyl (C=O) groups excluding carboxylic acids is 1. The van der Waals surface area contributed by atoms with E-state index in [1.54, 1.807) is 19.1 Å². The van der Waals surface area contributed by atoms with Gasteiger partial charge in [-0.05, 0) is 79.8 Å². The van der Waals surface area contributed by atoms with Gasteiger partial charge in [0.1, 0.15) is 11.5 Å². The molecule has 0 aliphatic heterocycles. The Hall–Kier alpha value is -4.13.